The molecule has 0 aromatic rings. The summed E-state index contributed by atoms with van der Waals surface area (Å²) in [7, 11) is 0. The van der Waals surface area contributed by atoms with Crippen LogP contribution in [0.3, 0.4) is 0 Å². The van der Waals surface area contributed by atoms with Crippen LogP contribution in [0.1, 0.15) is 0 Å². The van der Waals surface area contributed by atoms with Gasteiger partial charge in [0.05, 0.1) is 0 Å². The first kappa shape index (κ1) is 13.9. The highest BCUT2D eigenvalue weighted by Crippen LogP contribution is 2.34. The molecule has 1 fully saturated rings. The monoisotopic (exact) mass is 264 g/mol. The smallest absolute Gasteiger partial charge is 0.349 e. The molecule has 0 aromatic heterocycles. The Morgan fingerprint density at radius 1 is 0.833 bits per heavy atom. The first-order chi connectivity index (χ1) is 8.31. The van der Waals surface area contributed by atoms with Crippen molar-refractivity contribution in [2.24, 2.45) is 11.8 Å². The van der Waals surface area contributed by atoms with Crippen molar-refractivity contribution >= 4 is 23.9 Å². The maximum atomic E-state index is 11.1. The minimum atomic E-state index is -2.02. The number of carbonyl (C=O) groups is 4. The number of carboxylic acids is 3. The quantitative estimate of drug-likeness (QED) is 0.337. The first-order valence-electron chi connectivity index (χ1n) is 4.50. The molecule has 0 saturated carbocycles. The van der Waals surface area contributed by atoms with E-state index < -0.39 is 47.9 Å². The molecule has 1 aliphatic rings. The molecule has 1 rings (SSSR count). The Hall–Kier alpha value is -2.20. The van der Waals surface area contributed by atoms with Crippen molar-refractivity contribution in [3.05, 3.63) is 0 Å². The molecule has 0 aromatic carbocycles. The van der Waals surface area contributed by atoms with E-state index >= 15 is 0 Å². The second-order valence-electron chi connectivity index (χ2n) is 3.45. The fourth-order valence-electron chi connectivity index (χ4n) is 1.74. The molecule has 0 radical (unpaired) electrons. The average Bonchev–Trinajstić information content (AvgIpc) is 2.68. The van der Waals surface area contributed by atoms with Gasteiger partial charge in [-0.05, 0) is 0 Å². The third-order valence-electron chi connectivity index (χ3n) is 2.47. The Morgan fingerprint density at radius 2 is 1.28 bits per heavy atom. The highest BCUT2D eigenvalue weighted by Gasteiger charge is 2.58. The van der Waals surface area contributed by atoms with Gasteiger partial charge in [0, 0.05) is 0 Å². The summed E-state index contributed by atoms with van der Waals surface area (Å²) in [4.78, 5) is 46.8. The van der Waals surface area contributed by atoms with Gasteiger partial charge < -0.3 is 24.9 Å². The molecule has 18 heavy (non-hydrogen) atoms. The Balaban J connectivity index is 3.19. The molecular formula is C8H8O10. The highest BCUT2D eigenvalue weighted by atomic mass is 17.1. The van der Waals surface area contributed by atoms with Gasteiger partial charge >= 0.3 is 23.9 Å². The van der Waals surface area contributed by atoms with Crippen LogP contribution in [-0.4, -0.2) is 56.7 Å². The highest BCUT2D eigenvalue weighted by molar-refractivity contribution is 5.92. The van der Waals surface area contributed by atoms with E-state index in [2.05, 4.69) is 9.62 Å². The Bertz CT molecular complexity index is 401. The molecule has 1 saturated heterocycles. The molecule has 0 bridgehead atoms. The third kappa shape index (κ3) is 2.24. The summed E-state index contributed by atoms with van der Waals surface area (Å²) >= 11 is 0. The van der Waals surface area contributed by atoms with Gasteiger partial charge in [0.2, 0.25) is 0 Å². The molecule has 0 amide bonds. The van der Waals surface area contributed by atoms with E-state index in [4.69, 9.17) is 20.6 Å². The average molecular weight is 264 g/mol. The third-order valence-corrected chi connectivity index (χ3v) is 2.47. The maximum Gasteiger partial charge on any atom is 0.349 e. The minimum absolute atomic E-state index is 1.58. The number of carboxylic acid groups (broad SMARTS) is 3. The summed E-state index contributed by atoms with van der Waals surface area (Å²) in [5, 5.41) is 34.4. The lowest BCUT2D eigenvalue weighted by molar-refractivity contribution is -0.241. The fraction of sp³-hybridized carbons (Fsp3) is 0.500. The molecule has 10 nitrogen and oxygen atoms in total. The van der Waals surface area contributed by atoms with E-state index in [1.54, 1.807) is 0 Å². The second kappa shape index (κ2) is 4.98. The van der Waals surface area contributed by atoms with Crippen LogP contribution in [0.2, 0.25) is 0 Å². The molecule has 0 aliphatic carbocycles. The van der Waals surface area contributed by atoms with Crippen molar-refractivity contribution in [1.29, 1.82) is 0 Å². The van der Waals surface area contributed by atoms with Crippen LogP contribution in [0.4, 0.5) is 0 Å². The molecule has 0 spiro atoms. The van der Waals surface area contributed by atoms with Crippen molar-refractivity contribution < 1.29 is 49.4 Å². The van der Waals surface area contributed by atoms with Gasteiger partial charge in [-0.3, -0.25) is 4.79 Å². The zero-order valence-corrected chi connectivity index (χ0v) is 8.55. The number of aliphatic carboxylic acids is 3. The number of hydrogen-bond acceptors (Lipinski definition) is 7. The van der Waals surface area contributed by atoms with Crippen LogP contribution in [0.5, 0.6) is 0 Å². The van der Waals surface area contributed by atoms with Gasteiger partial charge in [0.1, 0.15) is 11.8 Å². The molecule has 10 heteroatoms. The van der Waals surface area contributed by atoms with Gasteiger partial charge in [-0.2, -0.15) is 5.26 Å². The number of carbonyl (C=O) groups excluding carboxylic acids is 1. The van der Waals surface area contributed by atoms with Gasteiger partial charge in [-0.25, -0.2) is 14.4 Å². The van der Waals surface area contributed by atoms with Crippen molar-refractivity contribution in [2.75, 3.05) is 0 Å². The molecule has 4 N–H and O–H groups in total. The van der Waals surface area contributed by atoms with Crippen molar-refractivity contribution in [1.82, 2.24) is 0 Å². The lowest BCUT2D eigenvalue weighted by atomic mass is 9.87. The predicted octanol–water partition coefficient (Wildman–Crippen LogP) is -1.74. The van der Waals surface area contributed by atoms with Crippen LogP contribution in [-0.2, 0) is 28.8 Å². The van der Waals surface area contributed by atoms with E-state index in [1.165, 1.54) is 0 Å². The number of hydrogen-bond donors (Lipinski definition) is 4. The predicted molar refractivity (Wildman–Crippen MR) is 47.3 cm³/mol. The van der Waals surface area contributed by atoms with Gasteiger partial charge in [-0.15, -0.1) is 0 Å². The molecule has 1 heterocycles. The largest absolute Gasteiger partial charge is 0.481 e. The molecule has 100 valence electrons. The summed E-state index contributed by atoms with van der Waals surface area (Å²) in [6, 6.07) is 0. The topological polar surface area (TPSA) is 168 Å². The van der Waals surface area contributed by atoms with Crippen molar-refractivity contribution in [3.8, 4) is 0 Å². The Kier molecular flexibility index (Phi) is 3.83. The van der Waals surface area contributed by atoms with Gasteiger partial charge in [0.15, 0.2) is 12.2 Å². The number of rotatable bonds is 4. The molecule has 4 unspecified atom stereocenters. The zero-order chi connectivity index (χ0) is 14.0. The maximum absolute atomic E-state index is 11.1. The van der Waals surface area contributed by atoms with E-state index in [-0.39, 0.29) is 0 Å². The summed E-state index contributed by atoms with van der Waals surface area (Å²) in [5.41, 5.74) is 0. The van der Waals surface area contributed by atoms with Crippen LogP contribution in [0.15, 0.2) is 0 Å². The normalized spacial score (nSPS) is 30.7. The SMILES string of the molecule is O=C(O)C1OC(C(=O)O)C(C(=O)OO)C1C(=O)O. The Morgan fingerprint density at radius 3 is 1.61 bits per heavy atom. The fourth-order valence-corrected chi connectivity index (χ4v) is 1.74. The van der Waals surface area contributed by atoms with Crippen molar-refractivity contribution in [2.45, 2.75) is 12.2 Å². The summed E-state index contributed by atoms with van der Waals surface area (Å²) in [6.07, 6.45) is -4.04. The summed E-state index contributed by atoms with van der Waals surface area (Å²) in [6.45, 7) is 0. The van der Waals surface area contributed by atoms with Crippen molar-refractivity contribution in [3.63, 3.8) is 0 Å². The first-order valence-corrected chi connectivity index (χ1v) is 4.50. The molecule has 1 aliphatic heterocycles. The molecule has 4 atom stereocenters. The molecular weight excluding hydrogens is 256 g/mol. The summed E-state index contributed by atoms with van der Waals surface area (Å²) < 4.78 is 4.50. The number of ether oxygens (including phenoxy) is 1. The zero-order valence-electron chi connectivity index (χ0n) is 8.55. The minimum Gasteiger partial charge on any atom is -0.481 e. The van der Waals surface area contributed by atoms with Crippen LogP contribution in [0, 0.1) is 11.8 Å². The van der Waals surface area contributed by atoms with E-state index in [0.717, 1.165) is 0 Å². The van der Waals surface area contributed by atoms with E-state index in [9.17, 15) is 19.2 Å². The van der Waals surface area contributed by atoms with Crippen LogP contribution >= 0.6 is 0 Å². The van der Waals surface area contributed by atoms with E-state index in [1.807, 2.05) is 0 Å². The standard InChI is InChI=1S/C8H8O10/c9-5(10)1-2(8(15)18-16)4(7(13)14)17-3(1)6(11)12/h1-4,16H,(H,9,10)(H,11,12)(H,13,14). The van der Waals surface area contributed by atoms with Crippen LogP contribution in [0.25, 0.3) is 0 Å². The van der Waals surface area contributed by atoms with E-state index in [0.29, 0.717) is 0 Å². The Labute approximate surface area is 98.3 Å². The van der Waals surface area contributed by atoms with Crippen LogP contribution < -0.4 is 0 Å². The lowest BCUT2D eigenvalue weighted by Gasteiger charge is -2.14. The second-order valence-corrected chi connectivity index (χ2v) is 3.45. The van der Waals surface area contributed by atoms with Gasteiger partial charge in [-0.1, -0.05) is 0 Å². The van der Waals surface area contributed by atoms with Gasteiger partial charge in [0.25, 0.3) is 0 Å². The lowest BCUT2D eigenvalue weighted by Crippen LogP contribution is -2.39. The summed E-state index contributed by atoms with van der Waals surface area (Å²) in [5.74, 6) is -10.7.